The molecule has 0 aliphatic carbocycles. The van der Waals surface area contributed by atoms with Gasteiger partial charge in [0, 0.05) is 20.2 Å². The smallest absolute Gasteiger partial charge is 0.265 e. The number of carbonyl (C=O) groups excluding carboxylic acids is 1. The maximum absolute atomic E-state index is 11.9. The van der Waals surface area contributed by atoms with Crippen LogP contribution in [0.15, 0.2) is 0 Å². The first-order valence-electron chi connectivity index (χ1n) is 5.95. The highest BCUT2D eigenvalue weighted by Crippen LogP contribution is 2.24. The molecule has 1 heterocycles. The van der Waals surface area contributed by atoms with Gasteiger partial charge in [0.1, 0.15) is 10.7 Å². The number of nitrogens with one attached hydrogen (secondary N) is 2. The predicted octanol–water partition coefficient (Wildman–Crippen LogP) is 0.905. The lowest BCUT2D eigenvalue weighted by Crippen LogP contribution is -2.29. The maximum Gasteiger partial charge on any atom is 0.265 e. The molecule has 0 fully saturated rings. The van der Waals surface area contributed by atoms with Crippen molar-refractivity contribution in [2.45, 2.75) is 19.8 Å². The standard InChI is InChI=1S/C11H20N4O2S/c1-3-7(4-5-16)6-14-10(17)8-9(12)15-11(13-2)18-8/h7,16H,3-6,12H2,1-2H3,(H,13,15)(H,14,17). The molecule has 0 spiro atoms. The lowest BCUT2D eigenvalue weighted by atomic mass is 10.0. The van der Waals surface area contributed by atoms with Crippen molar-refractivity contribution >= 4 is 28.2 Å². The Bertz CT molecular complexity index is 394. The molecule has 0 bridgehead atoms. The number of hydrogen-bond donors (Lipinski definition) is 4. The highest BCUT2D eigenvalue weighted by molar-refractivity contribution is 7.18. The van der Waals surface area contributed by atoms with Crippen molar-refractivity contribution < 1.29 is 9.90 Å². The topological polar surface area (TPSA) is 100 Å². The average Bonchev–Trinajstić information content (AvgIpc) is 2.75. The first-order valence-corrected chi connectivity index (χ1v) is 6.77. The minimum Gasteiger partial charge on any atom is -0.396 e. The van der Waals surface area contributed by atoms with Crippen molar-refractivity contribution in [1.29, 1.82) is 0 Å². The molecule has 1 amide bonds. The van der Waals surface area contributed by atoms with Crippen LogP contribution in [0.1, 0.15) is 29.4 Å². The summed E-state index contributed by atoms with van der Waals surface area (Å²) in [6, 6.07) is 0. The number of anilines is 2. The van der Waals surface area contributed by atoms with Crippen LogP contribution in [0.4, 0.5) is 10.9 Å². The molecule has 1 aromatic rings. The highest BCUT2D eigenvalue weighted by atomic mass is 32.1. The van der Waals surface area contributed by atoms with Crippen LogP contribution in [0.2, 0.25) is 0 Å². The van der Waals surface area contributed by atoms with Gasteiger partial charge in [-0.2, -0.15) is 0 Å². The van der Waals surface area contributed by atoms with E-state index in [-0.39, 0.29) is 24.2 Å². The lowest BCUT2D eigenvalue weighted by Gasteiger charge is -2.13. The summed E-state index contributed by atoms with van der Waals surface area (Å²) in [6.45, 7) is 2.72. The maximum atomic E-state index is 11.9. The fourth-order valence-corrected chi connectivity index (χ4v) is 2.31. The third-order valence-corrected chi connectivity index (χ3v) is 3.83. The van der Waals surface area contributed by atoms with Gasteiger partial charge >= 0.3 is 0 Å². The third-order valence-electron chi connectivity index (χ3n) is 2.74. The zero-order chi connectivity index (χ0) is 13.5. The second-order valence-corrected chi connectivity index (χ2v) is 4.98. The van der Waals surface area contributed by atoms with E-state index in [1.165, 1.54) is 11.3 Å². The van der Waals surface area contributed by atoms with Crippen LogP contribution in [0, 0.1) is 5.92 Å². The van der Waals surface area contributed by atoms with E-state index in [1.54, 1.807) is 7.05 Å². The summed E-state index contributed by atoms with van der Waals surface area (Å²) in [4.78, 5) is 16.4. The Labute approximate surface area is 111 Å². The van der Waals surface area contributed by atoms with E-state index in [1.807, 2.05) is 6.92 Å². The quantitative estimate of drug-likeness (QED) is 0.591. The molecule has 1 unspecified atom stereocenters. The summed E-state index contributed by atoms with van der Waals surface area (Å²) in [5.41, 5.74) is 5.67. The summed E-state index contributed by atoms with van der Waals surface area (Å²) >= 11 is 1.23. The molecule has 0 radical (unpaired) electrons. The summed E-state index contributed by atoms with van der Waals surface area (Å²) in [6.07, 6.45) is 1.61. The largest absolute Gasteiger partial charge is 0.396 e. The van der Waals surface area contributed by atoms with E-state index in [4.69, 9.17) is 10.8 Å². The number of nitrogens with two attached hydrogens (primary N) is 1. The number of amides is 1. The third kappa shape index (κ3) is 3.85. The molecule has 5 N–H and O–H groups in total. The van der Waals surface area contributed by atoms with Crippen molar-refractivity contribution in [2.24, 2.45) is 5.92 Å². The van der Waals surface area contributed by atoms with Crippen molar-refractivity contribution in [3.63, 3.8) is 0 Å². The van der Waals surface area contributed by atoms with E-state index in [0.717, 1.165) is 6.42 Å². The van der Waals surface area contributed by atoms with Gasteiger partial charge in [0.05, 0.1) is 0 Å². The molecule has 6 nitrogen and oxygen atoms in total. The SMILES string of the molecule is CCC(CCO)CNC(=O)c1sc(NC)nc1N. The number of carbonyl (C=O) groups is 1. The Hall–Kier alpha value is -1.34. The molecule has 0 saturated heterocycles. The summed E-state index contributed by atoms with van der Waals surface area (Å²) in [5, 5.41) is 15.2. The zero-order valence-corrected chi connectivity index (χ0v) is 11.5. The average molecular weight is 272 g/mol. The molecule has 1 rings (SSSR count). The normalized spacial score (nSPS) is 12.2. The van der Waals surface area contributed by atoms with Gasteiger partial charge in [-0.3, -0.25) is 4.79 Å². The number of nitrogens with zero attached hydrogens (tertiary/aromatic N) is 1. The Morgan fingerprint density at radius 2 is 2.33 bits per heavy atom. The van der Waals surface area contributed by atoms with Gasteiger partial charge in [-0.15, -0.1) is 0 Å². The molecule has 7 heteroatoms. The summed E-state index contributed by atoms with van der Waals surface area (Å²) in [5.74, 6) is 0.330. The van der Waals surface area contributed by atoms with E-state index in [2.05, 4.69) is 15.6 Å². The molecule has 0 aromatic carbocycles. The molecular weight excluding hydrogens is 252 g/mol. The second-order valence-electron chi connectivity index (χ2n) is 3.98. The number of rotatable bonds is 7. The fourth-order valence-electron chi connectivity index (χ4n) is 1.55. The van der Waals surface area contributed by atoms with Gasteiger partial charge in [0.25, 0.3) is 5.91 Å². The number of hydrogen-bond acceptors (Lipinski definition) is 6. The summed E-state index contributed by atoms with van der Waals surface area (Å²) in [7, 11) is 1.73. The number of aliphatic hydroxyl groups is 1. The van der Waals surface area contributed by atoms with Crippen LogP contribution in [0.5, 0.6) is 0 Å². The minimum absolute atomic E-state index is 0.140. The second kappa shape index (κ2) is 7.17. The molecule has 102 valence electrons. The summed E-state index contributed by atoms with van der Waals surface area (Å²) < 4.78 is 0. The minimum atomic E-state index is -0.206. The monoisotopic (exact) mass is 272 g/mol. The van der Waals surface area contributed by atoms with Gasteiger partial charge < -0.3 is 21.5 Å². The number of aliphatic hydroxyl groups excluding tert-OH is 1. The van der Waals surface area contributed by atoms with E-state index in [9.17, 15) is 4.79 Å². The van der Waals surface area contributed by atoms with Crippen molar-refractivity contribution in [2.75, 3.05) is 31.2 Å². The Kier molecular flexibility index (Phi) is 5.87. The number of thiazole rings is 1. The van der Waals surface area contributed by atoms with E-state index < -0.39 is 0 Å². The van der Waals surface area contributed by atoms with Gasteiger partial charge in [-0.05, 0) is 12.3 Å². The van der Waals surface area contributed by atoms with Gasteiger partial charge in [-0.1, -0.05) is 24.7 Å². The first-order chi connectivity index (χ1) is 8.62. The molecule has 1 atom stereocenters. The first kappa shape index (κ1) is 14.7. The Morgan fingerprint density at radius 1 is 1.61 bits per heavy atom. The molecule has 0 aliphatic rings. The Balaban J connectivity index is 2.56. The van der Waals surface area contributed by atoms with Crippen LogP contribution in [-0.4, -0.2) is 36.2 Å². The van der Waals surface area contributed by atoms with Crippen LogP contribution in [0.25, 0.3) is 0 Å². The zero-order valence-electron chi connectivity index (χ0n) is 10.7. The van der Waals surface area contributed by atoms with Crippen molar-refractivity contribution in [3.8, 4) is 0 Å². The lowest BCUT2D eigenvalue weighted by molar-refractivity contribution is 0.0948. The Morgan fingerprint density at radius 3 is 2.83 bits per heavy atom. The number of nitrogen functional groups attached to an aromatic ring is 1. The van der Waals surface area contributed by atoms with E-state index >= 15 is 0 Å². The fraction of sp³-hybridized carbons (Fsp3) is 0.636. The van der Waals surface area contributed by atoms with Crippen LogP contribution in [0.3, 0.4) is 0 Å². The molecule has 0 aliphatic heterocycles. The van der Waals surface area contributed by atoms with Crippen LogP contribution < -0.4 is 16.4 Å². The highest BCUT2D eigenvalue weighted by Gasteiger charge is 2.16. The van der Waals surface area contributed by atoms with Gasteiger partial charge in [-0.25, -0.2) is 4.98 Å². The molecule has 1 aromatic heterocycles. The van der Waals surface area contributed by atoms with Crippen molar-refractivity contribution in [1.82, 2.24) is 10.3 Å². The predicted molar refractivity (Wildman–Crippen MR) is 73.9 cm³/mol. The number of aromatic nitrogens is 1. The van der Waals surface area contributed by atoms with Gasteiger partial charge in [0.15, 0.2) is 5.13 Å². The van der Waals surface area contributed by atoms with Crippen LogP contribution in [-0.2, 0) is 0 Å². The van der Waals surface area contributed by atoms with Crippen molar-refractivity contribution in [3.05, 3.63) is 4.88 Å². The molecule has 0 saturated carbocycles. The van der Waals surface area contributed by atoms with Crippen LogP contribution >= 0.6 is 11.3 Å². The molecule has 18 heavy (non-hydrogen) atoms. The van der Waals surface area contributed by atoms with Gasteiger partial charge in [0.2, 0.25) is 0 Å². The van der Waals surface area contributed by atoms with E-state index in [0.29, 0.717) is 23.0 Å². The molecular formula is C11H20N4O2S.